The maximum absolute atomic E-state index is 4.53. The molecular weight excluding hydrogens is 266 g/mol. The van der Waals surface area contributed by atoms with Crippen molar-refractivity contribution in [2.75, 3.05) is 16.8 Å². The predicted octanol–water partition coefficient (Wildman–Crippen LogP) is 2.93. The van der Waals surface area contributed by atoms with Crippen molar-refractivity contribution >= 4 is 21.7 Å². The van der Waals surface area contributed by atoms with Gasteiger partial charge in [-0.15, -0.1) is 0 Å². The van der Waals surface area contributed by atoms with Crippen molar-refractivity contribution in [2.45, 2.75) is 38.6 Å². The first-order valence-electron chi connectivity index (χ1n) is 5.93. The average molecular weight is 284 g/mol. The van der Waals surface area contributed by atoms with Crippen molar-refractivity contribution in [1.29, 1.82) is 0 Å². The lowest BCUT2D eigenvalue weighted by Gasteiger charge is -2.29. The fraction of sp³-hybridized carbons (Fsp3) is 0.667. The number of anilines is 1. The molecule has 1 saturated carbocycles. The summed E-state index contributed by atoms with van der Waals surface area (Å²) in [4.78, 5) is 11.1. The highest BCUT2D eigenvalue weighted by Gasteiger charge is 2.23. The normalized spacial score (nSPS) is 16.6. The highest BCUT2D eigenvalue weighted by molar-refractivity contribution is 9.09. The Kier molecular flexibility index (Phi) is 4.16. The van der Waals surface area contributed by atoms with Gasteiger partial charge in [0.1, 0.15) is 11.6 Å². The van der Waals surface area contributed by atoms with Crippen molar-refractivity contribution in [3.05, 3.63) is 18.1 Å². The minimum absolute atomic E-state index is 0.673. The van der Waals surface area contributed by atoms with Crippen LogP contribution in [0.1, 0.15) is 31.5 Å². The maximum Gasteiger partial charge on any atom is 0.132 e. The first-order chi connectivity index (χ1) is 7.81. The van der Waals surface area contributed by atoms with Crippen LogP contribution in [0.2, 0.25) is 0 Å². The largest absolute Gasteiger partial charge is 0.353 e. The first kappa shape index (κ1) is 11.8. The molecule has 0 bridgehead atoms. The van der Waals surface area contributed by atoms with Gasteiger partial charge in [-0.1, -0.05) is 28.8 Å². The standard InChI is InChI=1S/C12H18BrN3/c1-10-14-8-6-12(15-10)16(9-7-13)11-4-2-3-5-11/h6,8,11H,2-5,7,9H2,1H3. The summed E-state index contributed by atoms with van der Waals surface area (Å²) in [5, 5.41) is 0.993. The van der Waals surface area contributed by atoms with Crippen LogP contribution in [-0.2, 0) is 0 Å². The fourth-order valence-electron chi connectivity index (χ4n) is 2.39. The molecule has 88 valence electrons. The smallest absolute Gasteiger partial charge is 0.132 e. The molecule has 16 heavy (non-hydrogen) atoms. The van der Waals surface area contributed by atoms with E-state index < -0.39 is 0 Å². The van der Waals surface area contributed by atoms with Crippen LogP contribution in [0.5, 0.6) is 0 Å². The molecule has 1 aliphatic carbocycles. The molecule has 1 fully saturated rings. The Morgan fingerprint density at radius 1 is 1.44 bits per heavy atom. The number of hydrogen-bond acceptors (Lipinski definition) is 3. The lowest BCUT2D eigenvalue weighted by atomic mass is 10.2. The van der Waals surface area contributed by atoms with Crippen molar-refractivity contribution in [1.82, 2.24) is 9.97 Å². The van der Waals surface area contributed by atoms with Gasteiger partial charge < -0.3 is 4.90 Å². The highest BCUT2D eigenvalue weighted by atomic mass is 79.9. The Balaban J connectivity index is 2.17. The molecule has 0 atom stereocenters. The van der Waals surface area contributed by atoms with Gasteiger partial charge in [-0.25, -0.2) is 9.97 Å². The van der Waals surface area contributed by atoms with E-state index in [-0.39, 0.29) is 0 Å². The number of aromatic nitrogens is 2. The maximum atomic E-state index is 4.53. The topological polar surface area (TPSA) is 29.0 Å². The molecule has 0 unspecified atom stereocenters. The molecule has 3 nitrogen and oxygen atoms in total. The summed E-state index contributed by atoms with van der Waals surface area (Å²) in [5.41, 5.74) is 0. The zero-order chi connectivity index (χ0) is 11.4. The number of rotatable bonds is 4. The third-order valence-corrected chi connectivity index (χ3v) is 3.50. The van der Waals surface area contributed by atoms with Crippen LogP contribution in [-0.4, -0.2) is 27.9 Å². The zero-order valence-corrected chi connectivity index (χ0v) is 11.3. The molecule has 4 heteroatoms. The Labute approximate surface area is 105 Å². The third-order valence-electron chi connectivity index (χ3n) is 3.15. The monoisotopic (exact) mass is 283 g/mol. The molecule has 1 aliphatic rings. The van der Waals surface area contributed by atoms with Crippen LogP contribution >= 0.6 is 15.9 Å². The lowest BCUT2D eigenvalue weighted by molar-refractivity contribution is 0.614. The number of halogens is 1. The van der Waals surface area contributed by atoms with Gasteiger partial charge in [0.2, 0.25) is 0 Å². The van der Waals surface area contributed by atoms with Crippen molar-refractivity contribution in [3.63, 3.8) is 0 Å². The second-order valence-corrected chi connectivity index (χ2v) is 5.08. The molecule has 0 spiro atoms. The molecule has 2 rings (SSSR count). The van der Waals surface area contributed by atoms with Crippen LogP contribution in [0, 0.1) is 6.92 Å². The van der Waals surface area contributed by atoms with Gasteiger partial charge in [-0.2, -0.15) is 0 Å². The Morgan fingerprint density at radius 3 is 2.81 bits per heavy atom. The van der Waals surface area contributed by atoms with E-state index in [9.17, 15) is 0 Å². The van der Waals surface area contributed by atoms with E-state index in [2.05, 4.69) is 30.8 Å². The molecule has 1 aromatic rings. The number of hydrogen-bond donors (Lipinski definition) is 0. The van der Waals surface area contributed by atoms with Gasteiger partial charge in [-0.05, 0) is 25.8 Å². The molecule has 0 amide bonds. The van der Waals surface area contributed by atoms with Gasteiger partial charge in [0, 0.05) is 24.1 Å². The minimum atomic E-state index is 0.673. The molecule has 1 heterocycles. The predicted molar refractivity (Wildman–Crippen MR) is 70.2 cm³/mol. The summed E-state index contributed by atoms with van der Waals surface area (Å²) in [6, 6.07) is 2.69. The second-order valence-electron chi connectivity index (χ2n) is 4.28. The minimum Gasteiger partial charge on any atom is -0.353 e. The van der Waals surface area contributed by atoms with E-state index in [4.69, 9.17) is 0 Å². The number of nitrogens with zero attached hydrogens (tertiary/aromatic N) is 3. The van der Waals surface area contributed by atoms with E-state index in [1.807, 2.05) is 19.2 Å². The summed E-state index contributed by atoms with van der Waals surface area (Å²) in [6.45, 7) is 2.98. The van der Waals surface area contributed by atoms with Crippen LogP contribution in [0.3, 0.4) is 0 Å². The zero-order valence-electron chi connectivity index (χ0n) is 9.69. The summed E-state index contributed by atoms with van der Waals surface area (Å²) >= 11 is 3.53. The Hall–Kier alpha value is -0.640. The molecule has 1 aromatic heterocycles. The molecule has 0 saturated heterocycles. The summed E-state index contributed by atoms with van der Waals surface area (Å²) < 4.78 is 0. The van der Waals surface area contributed by atoms with E-state index in [0.29, 0.717) is 6.04 Å². The van der Waals surface area contributed by atoms with Gasteiger partial charge >= 0.3 is 0 Å². The van der Waals surface area contributed by atoms with E-state index in [0.717, 1.165) is 23.5 Å². The molecule has 0 N–H and O–H groups in total. The van der Waals surface area contributed by atoms with Crippen LogP contribution in [0.4, 0.5) is 5.82 Å². The second kappa shape index (κ2) is 5.62. The highest BCUT2D eigenvalue weighted by Crippen LogP contribution is 2.26. The first-order valence-corrected chi connectivity index (χ1v) is 7.05. The molecular formula is C12H18BrN3. The van der Waals surface area contributed by atoms with E-state index in [1.165, 1.54) is 25.7 Å². The SMILES string of the molecule is Cc1nccc(N(CCBr)C2CCCC2)n1. The van der Waals surface area contributed by atoms with Gasteiger partial charge in [0.05, 0.1) is 0 Å². The molecule has 0 aromatic carbocycles. The van der Waals surface area contributed by atoms with Gasteiger partial charge in [0.25, 0.3) is 0 Å². The summed E-state index contributed by atoms with van der Waals surface area (Å²) in [6.07, 6.45) is 7.17. The van der Waals surface area contributed by atoms with Crippen LogP contribution < -0.4 is 4.90 Å². The van der Waals surface area contributed by atoms with Crippen molar-refractivity contribution in [2.24, 2.45) is 0 Å². The van der Waals surface area contributed by atoms with Crippen LogP contribution in [0.15, 0.2) is 12.3 Å². The molecule has 0 radical (unpaired) electrons. The van der Waals surface area contributed by atoms with Crippen molar-refractivity contribution in [3.8, 4) is 0 Å². The molecule has 0 aliphatic heterocycles. The lowest BCUT2D eigenvalue weighted by Crippen LogP contribution is -2.35. The van der Waals surface area contributed by atoms with E-state index >= 15 is 0 Å². The van der Waals surface area contributed by atoms with Gasteiger partial charge in [-0.3, -0.25) is 0 Å². The van der Waals surface area contributed by atoms with Crippen molar-refractivity contribution < 1.29 is 0 Å². The number of aryl methyl sites for hydroxylation is 1. The summed E-state index contributed by atoms with van der Waals surface area (Å²) in [5.74, 6) is 1.94. The average Bonchev–Trinajstić information content (AvgIpc) is 2.79. The number of alkyl halides is 1. The fourth-order valence-corrected chi connectivity index (χ4v) is 2.78. The third kappa shape index (κ3) is 2.73. The Bertz CT molecular complexity index is 337. The Morgan fingerprint density at radius 2 is 2.19 bits per heavy atom. The van der Waals surface area contributed by atoms with Gasteiger partial charge in [0.15, 0.2) is 0 Å². The van der Waals surface area contributed by atoms with E-state index in [1.54, 1.807) is 0 Å². The quantitative estimate of drug-likeness (QED) is 0.796. The summed E-state index contributed by atoms with van der Waals surface area (Å²) in [7, 11) is 0. The van der Waals surface area contributed by atoms with Crippen LogP contribution in [0.25, 0.3) is 0 Å².